The maximum atomic E-state index is 11.1. The van der Waals surface area contributed by atoms with Crippen LogP contribution in [-0.2, 0) is 9.53 Å². The Morgan fingerprint density at radius 2 is 2.00 bits per heavy atom. The van der Waals surface area contributed by atoms with E-state index in [9.17, 15) is 9.90 Å². The topological polar surface area (TPSA) is 55.8 Å². The minimum Gasteiger partial charge on any atom is -0.497 e. The molecule has 1 aromatic carbocycles. The van der Waals surface area contributed by atoms with Crippen LogP contribution in [0.15, 0.2) is 24.3 Å². The fraction of sp³-hybridized carbons (Fsp3) is 0.417. The Morgan fingerprint density at radius 1 is 1.38 bits per heavy atom. The first-order valence-electron chi connectivity index (χ1n) is 5.15. The van der Waals surface area contributed by atoms with E-state index < -0.39 is 12.1 Å². The largest absolute Gasteiger partial charge is 0.497 e. The van der Waals surface area contributed by atoms with Gasteiger partial charge in [-0.25, -0.2) is 0 Å². The molecular formula is C12H16O4. The molecule has 16 heavy (non-hydrogen) atoms. The van der Waals surface area contributed by atoms with E-state index in [2.05, 4.69) is 0 Å². The Morgan fingerprint density at radius 3 is 2.50 bits per heavy atom. The second-order valence-corrected chi connectivity index (χ2v) is 3.30. The highest BCUT2D eigenvalue weighted by atomic mass is 16.5. The first kappa shape index (κ1) is 12.5. The molecule has 0 aliphatic carbocycles. The Hall–Kier alpha value is -1.55. The van der Waals surface area contributed by atoms with Crippen LogP contribution in [0.4, 0.5) is 0 Å². The molecular weight excluding hydrogens is 208 g/mol. The zero-order chi connectivity index (χ0) is 12.0. The Kier molecular flexibility index (Phi) is 4.79. The lowest BCUT2D eigenvalue weighted by atomic mass is 10.1. The van der Waals surface area contributed by atoms with Crippen molar-refractivity contribution in [3.8, 4) is 5.75 Å². The summed E-state index contributed by atoms with van der Waals surface area (Å²) in [6, 6.07) is 6.93. The predicted molar refractivity (Wildman–Crippen MR) is 59.2 cm³/mol. The summed E-state index contributed by atoms with van der Waals surface area (Å²) in [6.07, 6.45) is -0.856. The molecule has 0 amide bonds. The molecule has 0 unspecified atom stereocenters. The zero-order valence-electron chi connectivity index (χ0n) is 9.47. The van der Waals surface area contributed by atoms with Crippen molar-refractivity contribution in [1.82, 2.24) is 0 Å². The van der Waals surface area contributed by atoms with Crippen molar-refractivity contribution in [2.75, 3.05) is 13.7 Å². The molecule has 88 valence electrons. The van der Waals surface area contributed by atoms with E-state index in [1.54, 1.807) is 38.3 Å². The normalized spacial score (nSPS) is 11.9. The smallest absolute Gasteiger partial charge is 0.308 e. The number of methoxy groups -OCH3 is 1. The third-order valence-electron chi connectivity index (χ3n) is 2.17. The zero-order valence-corrected chi connectivity index (χ0v) is 9.47. The third kappa shape index (κ3) is 3.55. The van der Waals surface area contributed by atoms with E-state index in [1.807, 2.05) is 0 Å². The van der Waals surface area contributed by atoms with Crippen molar-refractivity contribution in [1.29, 1.82) is 0 Å². The Balaban J connectivity index is 2.58. The lowest BCUT2D eigenvalue weighted by molar-refractivity contribution is -0.145. The van der Waals surface area contributed by atoms with Gasteiger partial charge in [0.05, 0.1) is 26.2 Å². The summed E-state index contributed by atoms with van der Waals surface area (Å²) in [4.78, 5) is 11.1. The van der Waals surface area contributed by atoms with Crippen molar-refractivity contribution < 1.29 is 19.4 Å². The molecule has 0 aliphatic heterocycles. The molecule has 0 radical (unpaired) electrons. The second-order valence-electron chi connectivity index (χ2n) is 3.30. The highest BCUT2D eigenvalue weighted by Crippen LogP contribution is 2.20. The van der Waals surface area contributed by atoms with Gasteiger partial charge in [-0.1, -0.05) is 12.1 Å². The van der Waals surface area contributed by atoms with Crippen molar-refractivity contribution in [2.45, 2.75) is 19.4 Å². The average Bonchev–Trinajstić information content (AvgIpc) is 2.29. The molecule has 4 heteroatoms. The molecule has 1 aromatic rings. The van der Waals surface area contributed by atoms with Crippen molar-refractivity contribution in [2.24, 2.45) is 0 Å². The predicted octanol–water partition coefficient (Wildman–Crippen LogP) is 1.68. The number of hydrogen-bond acceptors (Lipinski definition) is 4. The summed E-state index contributed by atoms with van der Waals surface area (Å²) >= 11 is 0. The first-order valence-corrected chi connectivity index (χ1v) is 5.15. The molecule has 0 heterocycles. The van der Waals surface area contributed by atoms with E-state index in [1.165, 1.54) is 0 Å². The van der Waals surface area contributed by atoms with Crippen molar-refractivity contribution >= 4 is 5.97 Å². The van der Waals surface area contributed by atoms with Crippen LogP contribution in [0, 0.1) is 0 Å². The van der Waals surface area contributed by atoms with Gasteiger partial charge in [-0.05, 0) is 24.6 Å². The van der Waals surface area contributed by atoms with Gasteiger partial charge in [-0.15, -0.1) is 0 Å². The van der Waals surface area contributed by atoms with Crippen molar-refractivity contribution in [3.05, 3.63) is 29.8 Å². The van der Waals surface area contributed by atoms with Gasteiger partial charge in [0.25, 0.3) is 0 Å². The highest BCUT2D eigenvalue weighted by molar-refractivity contribution is 5.70. The van der Waals surface area contributed by atoms with E-state index in [-0.39, 0.29) is 6.42 Å². The molecule has 0 bridgehead atoms. The summed E-state index contributed by atoms with van der Waals surface area (Å²) in [5.41, 5.74) is 0.675. The van der Waals surface area contributed by atoms with Gasteiger partial charge in [0.15, 0.2) is 0 Å². The second kappa shape index (κ2) is 6.12. The number of hydrogen-bond donors (Lipinski definition) is 1. The lowest BCUT2D eigenvalue weighted by Crippen LogP contribution is -2.09. The maximum absolute atomic E-state index is 11.1. The Bertz CT molecular complexity index is 331. The molecule has 1 N–H and O–H groups in total. The number of ether oxygens (including phenoxy) is 2. The number of esters is 1. The number of carbonyl (C=O) groups excluding carboxylic acids is 1. The van der Waals surface area contributed by atoms with Crippen LogP contribution in [-0.4, -0.2) is 24.8 Å². The van der Waals surface area contributed by atoms with E-state index >= 15 is 0 Å². The van der Waals surface area contributed by atoms with Gasteiger partial charge in [0.2, 0.25) is 0 Å². The number of benzene rings is 1. The van der Waals surface area contributed by atoms with Gasteiger partial charge in [-0.2, -0.15) is 0 Å². The molecule has 0 fully saturated rings. The van der Waals surface area contributed by atoms with E-state index in [0.717, 1.165) is 0 Å². The highest BCUT2D eigenvalue weighted by Gasteiger charge is 2.13. The minimum absolute atomic E-state index is 0.0276. The van der Waals surface area contributed by atoms with Gasteiger partial charge >= 0.3 is 5.97 Å². The van der Waals surface area contributed by atoms with Crippen LogP contribution >= 0.6 is 0 Å². The number of carbonyl (C=O) groups is 1. The van der Waals surface area contributed by atoms with E-state index in [4.69, 9.17) is 9.47 Å². The van der Waals surface area contributed by atoms with Gasteiger partial charge in [-0.3, -0.25) is 4.79 Å². The van der Waals surface area contributed by atoms with Crippen LogP contribution in [0.3, 0.4) is 0 Å². The molecule has 0 spiro atoms. The standard InChI is InChI=1S/C12H16O4/c1-3-16-12(14)8-11(13)9-4-6-10(15-2)7-5-9/h4-7,11,13H,3,8H2,1-2H3/t11-/m0/s1. The van der Waals surface area contributed by atoms with Crippen LogP contribution in [0.5, 0.6) is 5.75 Å². The monoisotopic (exact) mass is 224 g/mol. The number of rotatable bonds is 5. The maximum Gasteiger partial charge on any atom is 0.308 e. The fourth-order valence-electron chi connectivity index (χ4n) is 1.32. The molecule has 1 atom stereocenters. The van der Waals surface area contributed by atoms with Crippen LogP contribution in [0.25, 0.3) is 0 Å². The first-order chi connectivity index (χ1) is 7.67. The van der Waals surface area contributed by atoms with Crippen LogP contribution < -0.4 is 4.74 Å². The molecule has 0 aromatic heterocycles. The number of aliphatic hydroxyl groups is 1. The summed E-state index contributed by atoms with van der Waals surface area (Å²) in [6.45, 7) is 2.06. The average molecular weight is 224 g/mol. The quantitative estimate of drug-likeness (QED) is 0.773. The molecule has 4 nitrogen and oxygen atoms in total. The van der Waals surface area contributed by atoms with Gasteiger partial charge < -0.3 is 14.6 Å². The summed E-state index contributed by atoms with van der Waals surface area (Å²) < 4.78 is 9.75. The Labute approximate surface area is 94.8 Å². The summed E-state index contributed by atoms with van der Waals surface area (Å²) in [7, 11) is 1.57. The molecule has 0 saturated heterocycles. The molecule has 1 rings (SSSR count). The fourth-order valence-corrected chi connectivity index (χ4v) is 1.32. The van der Waals surface area contributed by atoms with Crippen LogP contribution in [0.2, 0.25) is 0 Å². The number of aliphatic hydroxyl groups excluding tert-OH is 1. The van der Waals surface area contributed by atoms with Gasteiger partial charge in [0, 0.05) is 0 Å². The van der Waals surface area contributed by atoms with Crippen molar-refractivity contribution in [3.63, 3.8) is 0 Å². The lowest BCUT2D eigenvalue weighted by Gasteiger charge is -2.10. The van der Waals surface area contributed by atoms with Crippen LogP contribution in [0.1, 0.15) is 25.0 Å². The van der Waals surface area contributed by atoms with Gasteiger partial charge in [0.1, 0.15) is 5.75 Å². The van der Waals surface area contributed by atoms with E-state index in [0.29, 0.717) is 17.9 Å². The molecule has 0 saturated carbocycles. The third-order valence-corrected chi connectivity index (χ3v) is 2.17. The molecule has 0 aliphatic rings. The minimum atomic E-state index is -0.829. The SMILES string of the molecule is CCOC(=O)C[C@H](O)c1ccc(OC)cc1. The summed E-state index contributed by atoms with van der Waals surface area (Å²) in [5.74, 6) is 0.318. The summed E-state index contributed by atoms with van der Waals surface area (Å²) in [5, 5.41) is 9.74.